The smallest absolute Gasteiger partial charge is 0.240 e. The first-order chi connectivity index (χ1) is 12.1. The number of nitrogens with zero attached hydrogens (tertiary/aromatic N) is 3. The fourth-order valence-electron chi connectivity index (χ4n) is 2.31. The summed E-state index contributed by atoms with van der Waals surface area (Å²) in [5.41, 5.74) is 2.64. The Morgan fingerprint density at radius 1 is 1.04 bits per heavy atom. The Hall–Kier alpha value is -3.08. The summed E-state index contributed by atoms with van der Waals surface area (Å²) >= 11 is 0. The van der Waals surface area contributed by atoms with Crippen LogP contribution in [0.25, 0.3) is 11.3 Å². The zero-order valence-electron chi connectivity index (χ0n) is 13.1. The Labute approximate surface area is 145 Å². The molecule has 0 fully saturated rings. The molecule has 0 saturated carbocycles. The summed E-state index contributed by atoms with van der Waals surface area (Å²) in [5.74, 6) is 0. The van der Waals surface area contributed by atoms with Crippen molar-refractivity contribution in [1.29, 1.82) is 5.26 Å². The third-order valence-electron chi connectivity index (χ3n) is 3.57. The minimum atomic E-state index is -3.69. The highest BCUT2D eigenvalue weighted by molar-refractivity contribution is 7.89. The van der Waals surface area contributed by atoms with Crippen LogP contribution in [-0.4, -0.2) is 18.4 Å². The third-order valence-corrected chi connectivity index (χ3v) is 4.99. The standard InChI is InChI=1S/C18H14N4O2S/c19-11-14-5-7-17(8-6-14)25(23,24)22-13-16-4-2-10-21-18(16)15-3-1-9-20-12-15/h1-10,12,22H,13H2. The minimum absolute atomic E-state index is 0.0976. The number of rotatable bonds is 5. The quantitative estimate of drug-likeness (QED) is 0.763. The van der Waals surface area contributed by atoms with Crippen molar-refractivity contribution in [1.82, 2.24) is 14.7 Å². The first kappa shape index (κ1) is 16.8. The summed E-state index contributed by atoms with van der Waals surface area (Å²) in [5, 5.41) is 8.79. The summed E-state index contributed by atoms with van der Waals surface area (Å²) in [4.78, 5) is 8.51. The molecule has 7 heteroatoms. The van der Waals surface area contributed by atoms with Gasteiger partial charge in [-0.25, -0.2) is 13.1 Å². The van der Waals surface area contributed by atoms with E-state index in [1.165, 1.54) is 24.3 Å². The molecule has 0 bridgehead atoms. The van der Waals surface area contributed by atoms with Crippen LogP contribution in [0.3, 0.4) is 0 Å². The zero-order valence-corrected chi connectivity index (χ0v) is 13.9. The summed E-state index contributed by atoms with van der Waals surface area (Å²) < 4.78 is 27.4. The van der Waals surface area contributed by atoms with E-state index in [2.05, 4.69) is 14.7 Å². The van der Waals surface area contributed by atoms with E-state index in [4.69, 9.17) is 5.26 Å². The first-order valence-corrected chi connectivity index (χ1v) is 8.92. The van der Waals surface area contributed by atoms with E-state index in [0.29, 0.717) is 11.3 Å². The molecule has 2 heterocycles. The second kappa shape index (κ2) is 7.21. The van der Waals surface area contributed by atoms with Crippen molar-refractivity contribution in [3.63, 3.8) is 0 Å². The molecule has 0 aliphatic carbocycles. The average Bonchev–Trinajstić information content (AvgIpc) is 2.67. The Kier molecular flexibility index (Phi) is 4.84. The number of nitriles is 1. The lowest BCUT2D eigenvalue weighted by atomic mass is 10.1. The minimum Gasteiger partial charge on any atom is -0.264 e. The number of sulfonamides is 1. The van der Waals surface area contributed by atoms with Gasteiger partial charge < -0.3 is 0 Å². The molecule has 3 aromatic rings. The molecular formula is C18H14N4O2S. The number of pyridine rings is 2. The topological polar surface area (TPSA) is 95.7 Å². The van der Waals surface area contributed by atoms with Crippen molar-refractivity contribution in [2.75, 3.05) is 0 Å². The van der Waals surface area contributed by atoms with Gasteiger partial charge in [0, 0.05) is 30.7 Å². The SMILES string of the molecule is N#Cc1ccc(S(=O)(=O)NCc2cccnc2-c2cccnc2)cc1. The maximum atomic E-state index is 12.4. The van der Waals surface area contributed by atoms with Crippen molar-refractivity contribution < 1.29 is 8.42 Å². The van der Waals surface area contributed by atoms with Gasteiger partial charge >= 0.3 is 0 Å². The van der Waals surface area contributed by atoms with Crippen LogP contribution in [0.1, 0.15) is 11.1 Å². The molecule has 0 unspecified atom stereocenters. The lowest BCUT2D eigenvalue weighted by molar-refractivity contribution is 0.581. The molecule has 1 N–H and O–H groups in total. The lowest BCUT2D eigenvalue weighted by Crippen LogP contribution is -2.23. The Bertz CT molecular complexity index is 1010. The number of nitrogens with one attached hydrogen (secondary N) is 1. The third kappa shape index (κ3) is 3.88. The predicted molar refractivity (Wildman–Crippen MR) is 92.7 cm³/mol. The summed E-state index contributed by atoms with van der Waals surface area (Å²) in [7, 11) is -3.69. The van der Waals surface area contributed by atoms with Gasteiger partial charge in [0.15, 0.2) is 0 Å². The molecule has 2 aromatic heterocycles. The van der Waals surface area contributed by atoms with Gasteiger partial charge in [0.05, 0.1) is 22.2 Å². The van der Waals surface area contributed by atoms with E-state index >= 15 is 0 Å². The Morgan fingerprint density at radius 2 is 1.80 bits per heavy atom. The van der Waals surface area contributed by atoms with Crippen LogP contribution in [0.4, 0.5) is 0 Å². The van der Waals surface area contributed by atoms with E-state index in [1.54, 1.807) is 30.7 Å². The maximum absolute atomic E-state index is 12.4. The van der Waals surface area contributed by atoms with Gasteiger partial charge in [-0.3, -0.25) is 9.97 Å². The summed E-state index contributed by atoms with van der Waals surface area (Å²) in [6, 6.07) is 15.0. The fourth-order valence-corrected chi connectivity index (χ4v) is 3.32. The number of aromatic nitrogens is 2. The van der Waals surface area contributed by atoms with Crippen molar-refractivity contribution in [3.05, 3.63) is 78.2 Å². The highest BCUT2D eigenvalue weighted by Crippen LogP contribution is 2.20. The van der Waals surface area contributed by atoms with Gasteiger partial charge in [-0.2, -0.15) is 5.26 Å². The molecule has 0 spiro atoms. The molecule has 25 heavy (non-hydrogen) atoms. The molecule has 0 aliphatic rings. The molecule has 3 rings (SSSR count). The van der Waals surface area contributed by atoms with E-state index < -0.39 is 10.0 Å². The monoisotopic (exact) mass is 350 g/mol. The number of hydrogen-bond donors (Lipinski definition) is 1. The van der Waals surface area contributed by atoms with Crippen molar-refractivity contribution in [2.24, 2.45) is 0 Å². The van der Waals surface area contributed by atoms with Crippen molar-refractivity contribution in [3.8, 4) is 17.3 Å². The van der Waals surface area contributed by atoms with Gasteiger partial charge in [-0.15, -0.1) is 0 Å². The highest BCUT2D eigenvalue weighted by atomic mass is 32.2. The zero-order chi connectivity index (χ0) is 17.7. The lowest BCUT2D eigenvalue weighted by Gasteiger charge is -2.10. The van der Waals surface area contributed by atoms with E-state index in [-0.39, 0.29) is 11.4 Å². The van der Waals surface area contributed by atoms with E-state index in [1.807, 2.05) is 18.2 Å². The molecule has 0 atom stereocenters. The fraction of sp³-hybridized carbons (Fsp3) is 0.0556. The molecule has 124 valence electrons. The number of hydrogen-bond acceptors (Lipinski definition) is 5. The molecule has 0 radical (unpaired) electrons. The normalized spacial score (nSPS) is 11.0. The van der Waals surface area contributed by atoms with E-state index in [0.717, 1.165) is 11.1 Å². The second-order valence-electron chi connectivity index (χ2n) is 5.21. The van der Waals surface area contributed by atoms with Gasteiger partial charge in [0.25, 0.3) is 0 Å². The average molecular weight is 350 g/mol. The summed E-state index contributed by atoms with van der Waals surface area (Å²) in [6.07, 6.45) is 5.00. The molecule has 0 aliphatic heterocycles. The first-order valence-electron chi connectivity index (χ1n) is 7.44. The molecule has 1 aromatic carbocycles. The summed E-state index contributed by atoms with van der Waals surface area (Å²) in [6.45, 7) is 0.0976. The molecular weight excluding hydrogens is 336 g/mol. The molecule has 0 amide bonds. The van der Waals surface area contributed by atoms with Crippen LogP contribution in [0.5, 0.6) is 0 Å². The van der Waals surface area contributed by atoms with Gasteiger partial charge in [0.2, 0.25) is 10.0 Å². The molecule has 0 saturated heterocycles. The maximum Gasteiger partial charge on any atom is 0.240 e. The van der Waals surface area contributed by atoms with Gasteiger partial charge in [-0.05, 0) is 48.0 Å². The van der Waals surface area contributed by atoms with Crippen LogP contribution in [0.2, 0.25) is 0 Å². The molecule has 6 nitrogen and oxygen atoms in total. The predicted octanol–water partition coefficient (Wildman–Crippen LogP) is 2.49. The second-order valence-corrected chi connectivity index (χ2v) is 6.98. The van der Waals surface area contributed by atoms with Gasteiger partial charge in [-0.1, -0.05) is 6.07 Å². The van der Waals surface area contributed by atoms with Crippen LogP contribution in [0.15, 0.2) is 72.0 Å². The van der Waals surface area contributed by atoms with Crippen LogP contribution in [0, 0.1) is 11.3 Å². The van der Waals surface area contributed by atoms with Crippen LogP contribution < -0.4 is 4.72 Å². The largest absolute Gasteiger partial charge is 0.264 e. The Morgan fingerprint density at radius 3 is 2.48 bits per heavy atom. The van der Waals surface area contributed by atoms with Crippen LogP contribution >= 0.6 is 0 Å². The van der Waals surface area contributed by atoms with Crippen LogP contribution in [-0.2, 0) is 16.6 Å². The number of benzene rings is 1. The van der Waals surface area contributed by atoms with Crippen molar-refractivity contribution >= 4 is 10.0 Å². The Balaban J connectivity index is 1.83. The van der Waals surface area contributed by atoms with E-state index in [9.17, 15) is 8.42 Å². The van der Waals surface area contributed by atoms with Gasteiger partial charge in [0.1, 0.15) is 0 Å². The highest BCUT2D eigenvalue weighted by Gasteiger charge is 2.15. The van der Waals surface area contributed by atoms with Crippen molar-refractivity contribution in [2.45, 2.75) is 11.4 Å².